The second-order valence-corrected chi connectivity index (χ2v) is 8.32. The number of halogens is 1. The minimum atomic E-state index is -0.220. The van der Waals surface area contributed by atoms with Crippen molar-refractivity contribution >= 4 is 23.3 Å². The van der Waals surface area contributed by atoms with Crippen molar-refractivity contribution in [1.82, 2.24) is 0 Å². The first kappa shape index (κ1) is 21.3. The minimum absolute atomic E-state index is 0.0416. The van der Waals surface area contributed by atoms with Crippen molar-refractivity contribution in [3.63, 3.8) is 0 Å². The summed E-state index contributed by atoms with van der Waals surface area (Å²) in [4.78, 5) is 11.6. The molecule has 4 rings (SSSR count). The normalized spacial score (nSPS) is 14.6. The van der Waals surface area contributed by atoms with Gasteiger partial charge in [-0.05, 0) is 42.2 Å². The van der Waals surface area contributed by atoms with Crippen LogP contribution in [0.1, 0.15) is 34.6 Å². The Morgan fingerprint density at radius 3 is 2.61 bits per heavy atom. The van der Waals surface area contributed by atoms with E-state index in [1.807, 2.05) is 30.3 Å². The van der Waals surface area contributed by atoms with Crippen molar-refractivity contribution in [3.05, 3.63) is 81.9 Å². The van der Waals surface area contributed by atoms with E-state index in [2.05, 4.69) is 43.4 Å². The zero-order chi connectivity index (χ0) is 22.0. The van der Waals surface area contributed by atoms with Crippen LogP contribution in [-0.4, -0.2) is 19.7 Å². The molecule has 5 heteroatoms. The third-order valence-electron chi connectivity index (χ3n) is 5.85. The fraction of sp³-hybridized carbons (Fsp3) is 0.269. The van der Waals surface area contributed by atoms with Crippen LogP contribution in [-0.2, 0) is 16.1 Å². The van der Waals surface area contributed by atoms with Crippen molar-refractivity contribution in [2.75, 3.05) is 19.0 Å². The average molecular weight is 436 g/mol. The lowest BCUT2D eigenvalue weighted by Crippen LogP contribution is -2.09. The Kier molecular flexibility index (Phi) is 6.19. The molecule has 0 radical (unpaired) electrons. The van der Waals surface area contributed by atoms with Crippen LogP contribution < -0.4 is 10.1 Å². The summed E-state index contributed by atoms with van der Waals surface area (Å²) in [5.74, 6) is 0.635. The number of methoxy groups -OCH3 is 1. The van der Waals surface area contributed by atoms with Crippen LogP contribution >= 0.6 is 11.6 Å². The summed E-state index contributed by atoms with van der Waals surface area (Å²) in [7, 11) is 1.41. The number of carbonyl (C=O) groups is 1. The van der Waals surface area contributed by atoms with Gasteiger partial charge in [-0.15, -0.1) is 0 Å². The molecule has 160 valence electrons. The molecule has 1 N–H and O–H groups in total. The summed E-state index contributed by atoms with van der Waals surface area (Å²) in [5, 5.41) is 4.22. The maximum absolute atomic E-state index is 11.6. The van der Waals surface area contributed by atoms with Gasteiger partial charge in [0.15, 0.2) is 0 Å². The van der Waals surface area contributed by atoms with Crippen LogP contribution in [0.25, 0.3) is 11.1 Å². The molecule has 0 saturated heterocycles. The molecule has 0 saturated carbocycles. The number of hydrogen-bond donors (Lipinski definition) is 1. The van der Waals surface area contributed by atoms with Crippen molar-refractivity contribution in [3.8, 4) is 16.9 Å². The summed E-state index contributed by atoms with van der Waals surface area (Å²) in [6, 6.07) is 18.5. The van der Waals surface area contributed by atoms with Gasteiger partial charge in [-0.25, -0.2) is 0 Å². The van der Waals surface area contributed by atoms with Crippen LogP contribution in [0.15, 0.2) is 54.6 Å². The van der Waals surface area contributed by atoms with Crippen molar-refractivity contribution in [2.45, 2.75) is 32.7 Å². The number of nitrogens with one attached hydrogen (secondary N) is 1. The minimum Gasteiger partial charge on any atom is -0.493 e. The van der Waals surface area contributed by atoms with Crippen LogP contribution in [0, 0.1) is 13.8 Å². The lowest BCUT2D eigenvalue weighted by molar-refractivity contribution is -0.141. The van der Waals surface area contributed by atoms with Crippen molar-refractivity contribution < 1.29 is 14.3 Å². The predicted molar refractivity (Wildman–Crippen MR) is 125 cm³/mol. The van der Waals surface area contributed by atoms with E-state index in [4.69, 9.17) is 21.1 Å². The summed E-state index contributed by atoms with van der Waals surface area (Å²) in [6.45, 7) is 5.32. The average Bonchev–Trinajstić information content (AvgIpc) is 3.15. The molecule has 0 aliphatic carbocycles. The summed E-state index contributed by atoms with van der Waals surface area (Å²) < 4.78 is 10.6. The van der Waals surface area contributed by atoms with Gasteiger partial charge in [0.1, 0.15) is 5.75 Å². The highest BCUT2D eigenvalue weighted by Crippen LogP contribution is 2.38. The first-order valence-corrected chi connectivity index (χ1v) is 10.8. The largest absolute Gasteiger partial charge is 0.493 e. The molecule has 0 bridgehead atoms. The predicted octanol–water partition coefficient (Wildman–Crippen LogP) is 6.28. The number of rotatable bonds is 6. The molecule has 1 heterocycles. The molecule has 1 aliphatic rings. The third-order valence-corrected chi connectivity index (χ3v) is 6.29. The van der Waals surface area contributed by atoms with Gasteiger partial charge < -0.3 is 14.8 Å². The Morgan fingerprint density at radius 1 is 1.13 bits per heavy atom. The Labute approximate surface area is 188 Å². The van der Waals surface area contributed by atoms with Crippen LogP contribution in [0.4, 0.5) is 5.69 Å². The molecular formula is C26H26ClNO3. The summed E-state index contributed by atoms with van der Waals surface area (Å²) in [6.07, 6.45) is 0.330. The molecule has 0 fully saturated rings. The standard InChI is InChI=1S/C26H26ClNO3/c1-16-6-4-7-17(2)25(16)22-9-5-8-18(26(22)27)14-28-20-10-11-21-19(12-24(29)30-3)15-31-23(21)13-20/h4-11,13,19,28H,12,14-15H2,1-3H3. The zero-order valence-electron chi connectivity index (χ0n) is 18.0. The van der Waals surface area contributed by atoms with Crippen LogP contribution in [0.5, 0.6) is 5.75 Å². The monoisotopic (exact) mass is 435 g/mol. The maximum atomic E-state index is 11.6. The first-order valence-electron chi connectivity index (χ1n) is 10.4. The van der Waals surface area contributed by atoms with Crippen LogP contribution in [0.3, 0.4) is 0 Å². The fourth-order valence-electron chi connectivity index (χ4n) is 4.19. The highest BCUT2D eigenvalue weighted by Gasteiger charge is 2.27. The van der Waals surface area contributed by atoms with Gasteiger partial charge in [0.05, 0.1) is 25.2 Å². The van der Waals surface area contributed by atoms with E-state index in [9.17, 15) is 4.79 Å². The number of esters is 1. The van der Waals surface area contributed by atoms with Gasteiger partial charge in [-0.2, -0.15) is 0 Å². The second-order valence-electron chi connectivity index (χ2n) is 7.94. The Morgan fingerprint density at radius 2 is 1.87 bits per heavy atom. The molecule has 1 atom stereocenters. The lowest BCUT2D eigenvalue weighted by atomic mass is 9.94. The van der Waals surface area contributed by atoms with Gasteiger partial charge in [-0.3, -0.25) is 4.79 Å². The molecule has 1 unspecified atom stereocenters. The van der Waals surface area contributed by atoms with Crippen LogP contribution in [0.2, 0.25) is 5.02 Å². The zero-order valence-corrected chi connectivity index (χ0v) is 18.8. The highest BCUT2D eigenvalue weighted by molar-refractivity contribution is 6.34. The van der Waals surface area contributed by atoms with Gasteiger partial charge >= 0.3 is 5.97 Å². The van der Waals surface area contributed by atoms with E-state index in [0.717, 1.165) is 33.1 Å². The molecule has 0 spiro atoms. The lowest BCUT2D eigenvalue weighted by Gasteiger charge is -2.15. The number of anilines is 1. The van der Waals surface area contributed by atoms with E-state index >= 15 is 0 Å². The van der Waals surface area contributed by atoms with Crippen molar-refractivity contribution in [1.29, 1.82) is 0 Å². The molecule has 1 aliphatic heterocycles. The van der Waals surface area contributed by atoms with E-state index < -0.39 is 0 Å². The molecule has 3 aromatic rings. The molecule has 0 amide bonds. The van der Waals surface area contributed by atoms with E-state index in [-0.39, 0.29) is 11.9 Å². The SMILES string of the molecule is COC(=O)CC1COc2cc(NCc3cccc(-c4c(C)cccc4C)c3Cl)ccc21. The number of fused-ring (bicyclic) bond motifs is 1. The number of benzene rings is 3. The second kappa shape index (κ2) is 9.03. The smallest absolute Gasteiger partial charge is 0.306 e. The van der Waals surface area contributed by atoms with E-state index in [0.29, 0.717) is 19.6 Å². The van der Waals surface area contributed by atoms with Gasteiger partial charge in [0.25, 0.3) is 0 Å². The Balaban J connectivity index is 1.51. The fourth-order valence-corrected chi connectivity index (χ4v) is 4.47. The van der Waals surface area contributed by atoms with E-state index in [1.54, 1.807) is 0 Å². The molecular weight excluding hydrogens is 410 g/mol. The molecule has 4 nitrogen and oxygen atoms in total. The summed E-state index contributed by atoms with van der Waals surface area (Å²) >= 11 is 6.82. The maximum Gasteiger partial charge on any atom is 0.306 e. The van der Waals surface area contributed by atoms with Crippen molar-refractivity contribution in [2.24, 2.45) is 0 Å². The highest BCUT2D eigenvalue weighted by atomic mass is 35.5. The molecule has 0 aromatic heterocycles. The number of hydrogen-bond acceptors (Lipinski definition) is 4. The Hall–Kier alpha value is -2.98. The quantitative estimate of drug-likeness (QED) is 0.463. The van der Waals surface area contributed by atoms with E-state index in [1.165, 1.54) is 23.8 Å². The number of aryl methyl sites for hydroxylation is 2. The number of carbonyl (C=O) groups excluding carboxylic acids is 1. The number of ether oxygens (including phenoxy) is 2. The summed E-state index contributed by atoms with van der Waals surface area (Å²) in [5.41, 5.74) is 7.70. The Bertz CT molecular complexity index is 1110. The first-order chi connectivity index (χ1) is 15.0. The topological polar surface area (TPSA) is 47.6 Å². The third kappa shape index (κ3) is 4.40. The molecule has 3 aromatic carbocycles. The molecule has 31 heavy (non-hydrogen) atoms. The van der Waals surface area contributed by atoms with Gasteiger partial charge in [0.2, 0.25) is 0 Å². The van der Waals surface area contributed by atoms with Gasteiger partial charge in [-0.1, -0.05) is 54.1 Å². The van der Waals surface area contributed by atoms with Gasteiger partial charge in [0, 0.05) is 35.3 Å².